The molecule has 6 unspecified atom stereocenters. The largest absolute Gasteiger partial charge is 0.393 e. The predicted octanol–water partition coefficient (Wildman–Crippen LogP) is 3.97. The molecular formula is C28H39FN2O3. The lowest BCUT2D eigenvalue weighted by Crippen LogP contribution is -2.55. The number of aromatic nitrogens is 1. The number of aliphatic hydroxyl groups is 3. The molecule has 0 amide bonds. The minimum absolute atomic E-state index is 0.0501. The summed E-state index contributed by atoms with van der Waals surface area (Å²) in [7, 11) is 3.75. The van der Waals surface area contributed by atoms with Crippen LogP contribution in [0.5, 0.6) is 0 Å². The predicted molar refractivity (Wildman–Crippen MR) is 133 cm³/mol. The first-order valence-corrected chi connectivity index (χ1v) is 12.5. The maximum Gasteiger partial charge on any atom is 0.145 e. The van der Waals surface area contributed by atoms with Gasteiger partial charge in [-0.15, -0.1) is 0 Å². The zero-order valence-corrected chi connectivity index (χ0v) is 20.5. The second-order valence-electron chi connectivity index (χ2n) is 10.8. The molecule has 4 aliphatic rings. The van der Waals surface area contributed by atoms with E-state index in [-0.39, 0.29) is 23.7 Å². The molecule has 4 aliphatic carbocycles. The molecule has 1 aromatic heterocycles. The normalized spacial score (nSPS) is 41.3. The SMILES string of the molecule is CC12CC=C3C(O)C4(F)CC(O)CCC4CC[C@]3(O)C1CC=C2/C=C/c1cccnc1.CNC. The van der Waals surface area contributed by atoms with Crippen LogP contribution in [0.1, 0.15) is 57.4 Å². The van der Waals surface area contributed by atoms with Crippen LogP contribution >= 0.6 is 0 Å². The van der Waals surface area contributed by atoms with E-state index in [2.05, 4.69) is 29.4 Å². The van der Waals surface area contributed by atoms with Crippen molar-refractivity contribution in [3.63, 3.8) is 0 Å². The lowest BCUT2D eigenvalue weighted by molar-refractivity contribution is -0.0968. The number of nitrogens with zero attached hydrogens (tertiary/aromatic N) is 1. The van der Waals surface area contributed by atoms with Gasteiger partial charge in [0.15, 0.2) is 0 Å². The Labute approximate surface area is 202 Å². The maximum absolute atomic E-state index is 16.1. The molecule has 2 saturated carbocycles. The Kier molecular flexibility index (Phi) is 7.16. The van der Waals surface area contributed by atoms with Gasteiger partial charge in [0, 0.05) is 30.1 Å². The number of nitrogens with one attached hydrogen (secondary N) is 1. The number of hydrogen-bond acceptors (Lipinski definition) is 5. The second-order valence-corrected chi connectivity index (χ2v) is 10.8. The third-order valence-corrected chi connectivity index (χ3v) is 8.66. The minimum Gasteiger partial charge on any atom is -0.393 e. The average molecular weight is 471 g/mol. The molecule has 1 heterocycles. The number of pyridine rings is 1. The highest BCUT2D eigenvalue weighted by atomic mass is 19.1. The van der Waals surface area contributed by atoms with Crippen molar-refractivity contribution in [2.45, 2.75) is 75.3 Å². The Morgan fingerprint density at radius 3 is 2.62 bits per heavy atom. The van der Waals surface area contributed by atoms with Crippen LogP contribution in [0.2, 0.25) is 0 Å². The number of hydrogen-bond donors (Lipinski definition) is 4. The molecule has 0 spiro atoms. The zero-order valence-electron chi connectivity index (χ0n) is 20.5. The van der Waals surface area contributed by atoms with Gasteiger partial charge in [0.1, 0.15) is 11.8 Å². The highest BCUT2D eigenvalue weighted by Crippen LogP contribution is 2.61. The van der Waals surface area contributed by atoms with Crippen LogP contribution in [0, 0.1) is 17.3 Å². The van der Waals surface area contributed by atoms with Crippen LogP contribution in [0.4, 0.5) is 4.39 Å². The molecule has 5 rings (SSSR count). The molecule has 0 saturated heterocycles. The molecule has 7 atom stereocenters. The van der Waals surface area contributed by atoms with E-state index in [1.807, 2.05) is 44.6 Å². The summed E-state index contributed by atoms with van der Waals surface area (Å²) in [6, 6.07) is 3.91. The molecule has 6 heteroatoms. The quantitative estimate of drug-likeness (QED) is 0.492. The van der Waals surface area contributed by atoms with E-state index in [1.54, 1.807) is 6.20 Å². The van der Waals surface area contributed by atoms with Crippen molar-refractivity contribution >= 4 is 6.08 Å². The number of alkyl halides is 1. The first-order valence-electron chi connectivity index (χ1n) is 12.5. The number of halogens is 1. The number of fused-ring (bicyclic) bond motifs is 4. The van der Waals surface area contributed by atoms with Gasteiger partial charge in [-0.3, -0.25) is 4.98 Å². The fourth-order valence-corrected chi connectivity index (χ4v) is 6.84. The van der Waals surface area contributed by atoms with E-state index in [4.69, 9.17) is 0 Å². The van der Waals surface area contributed by atoms with Gasteiger partial charge in [0.05, 0.1) is 11.7 Å². The van der Waals surface area contributed by atoms with Crippen LogP contribution < -0.4 is 5.32 Å². The minimum atomic E-state index is -1.86. The molecule has 4 N–H and O–H groups in total. The van der Waals surface area contributed by atoms with Crippen LogP contribution in [-0.2, 0) is 0 Å². The summed E-state index contributed by atoms with van der Waals surface area (Å²) in [5.41, 5.74) is -0.722. The van der Waals surface area contributed by atoms with Crippen LogP contribution in [0.3, 0.4) is 0 Å². The molecule has 5 nitrogen and oxygen atoms in total. The number of aliphatic hydroxyl groups excluding tert-OH is 2. The molecule has 1 aromatic rings. The van der Waals surface area contributed by atoms with Crippen molar-refractivity contribution in [3.8, 4) is 0 Å². The van der Waals surface area contributed by atoms with Crippen molar-refractivity contribution in [1.82, 2.24) is 10.3 Å². The summed E-state index contributed by atoms with van der Waals surface area (Å²) in [5, 5.41) is 36.0. The van der Waals surface area contributed by atoms with Gasteiger partial charge in [0.2, 0.25) is 0 Å². The van der Waals surface area contributed by atoms with Crippen molar-refractivity contribution in [1.29, 1.82) is 0 Å². The summed E-state index contributed by atoms with van der Waals surface area (Å²) in [5.74, 6) is -0.427. The topological polar surface area (TPSA) is 85.6 Å². The van der Waals surface area contributed by atoms with E-state index in [1.165, 1.54) is 5.57 Å². The molecule has 2 fully saturated rings. The van der Waals surface area contributed by atoms with Gasteiger partial charge in [-0.2, -0.15) is 0 Å². The van der Waals surface area contributed by atoms with Crippen LogP contribution in [-0.4, -0.2) is 57.9 Å². The van der Waals surface area contributed by atoms with E-state index in [0.29, 0.717) is 44.1 Å². The van der Waals surface area contributed by atoms with Gasteiger partial charge < -0.3 is 20.6 Å². The highest BCUT2D eigenvalue weighted by molar-refractivity contribution is 5.55. The third-order valence-electron chi connectivity index (χ3n) is 8.66. The lowest BCUT2D eigenvalue weighted by Gasteiger charge is -2.50. The first kappa shape index (κ1) is 25.2. The first-order chi connectivity index (χ1) is 16.2. The summed E-state index contributed by atoms with van der Waals surface area (Å²) in [6.07, 6.45) is 13.1. The summed E-state index contributed by atoms with van der Waals surface area (Å²) >= 11 is 0. The zero-order chi connectivity index (χ0) is 24.6. The fourth-order valence-electron chi connectivity index (χ4n) is 6.84. The van der Waals surface area contributed by atoms with E-state index in [0.717, 1.165) is 5.56 Å². The Morgan fingerprint density at radius 1 is 1.15 bits per heavy atom. The molecular weight excluding hydrogens is 431 g/mol. The van der Waals surface area contributed by atoms with Crippen molar-refractivity contribution in [2.24, 2.45) is 17.3 Å². The summed E-state index contributed by atoms with van der Waals surface area (Å²) < 4.78 is 16.1. The average Bonchev–Trinajstić information content (AvgIpc) is 3.11. The molecule has 0 bridgehead atoms. The molecule has 0 aliphatic heterocycles. The lowest BCUT2D eigenvalue weighted by atomic mass is 9.58. The highest BCUT2D eigenvalue weighted by Gasteiger charge is 2.62. The Morgan fingerprint density at radius 2 is 1.91 bits per heavy atom. The summed E-state index contributed by atoms with van der Waals surface area (Å²) in [6.45, 7) is 2.18. The second kappa shape index (κ2) is 9.65. The van der Waals surface area contributed by atoms with Gasteiger partial charge >= 0.3 is 0 Å². The van der Waals surface area contributed by atoms with Gasteiger partial charge in [-0.05, 0) is 81.3 Å². The Bertz CT molecular complexity index is 964. The smallest absolute Gasteiger partial charge is 0.145 e. The molecule has 186 valence electrons. The standard InChI is InChI=1S/C26H32FNO3.C2H7N/c1-24-12-11-21-23(30)25(27)15-20(29)8-6-19(25)10-13-26(21,31)22(24)9-7-18(24)5-4-17-3-2-14-28-16-17;1-3-2/h2-5,7,11,14,16,19-20,22-23,29-31H,6,8-10,12-13,15H2,1H3;3H,1-2H3/b5-4+;/t19?,20?,22?,23?,24?,25?,26-;/m1./s1. The number of allylic oxidation sites excluding steroid dienone is 4. The van der Waals surface area contributed by atoms with Gasteiger partial charge in [-0.1, -0.05) is 37.3 Å². The van der Waals surface area contributed by atoms with Crippen molar-refractivity contribution in [3.05, 3.63) is 59.5 Å². The van der Waals surface area contributed by atoms with E-state index >= 15 is 4.39 Å². The Hall–Kier alpha value is -1.86. The van der Waals surface area contributed by atoms with Gasteiger partial charge in [-0.25, -0.2) is 4.39 Å². The van der Waals surface area contributed by atoms with Crippen LogP contribution in [0.25, 0.3) is 6.08 Å². The van der Waals surface area contributed by atoms with Gasteiger partial charge in [0.25, 0.3) is 0 Å². The fraction of sp³-hybridized carbons (Fsp3) is 0.607. The Balaban J connectivity index is 0.000000868. The van der Waals surface area contributed by atoms with Crippen molar-refractivity contribution < 1.29 is 19.7 Å². The summed E-state index contributed by atoms with van der Waals surface area (Å²) in [4.78, 5) is 4.16. The third kappa shape index (κ3) is 4.19. The molecule has 34 heavy (non-hydrogen) atoms. The maximum atomic E-state index is 16.1. The van der Waals surface area contributed by atoms with E-state index < -0.39 is 23.5 Å². The molecule has 0 aromatic carbocycles. The van der Waals surface area contributed by atoms with Crippen LogP contribution in [0.15, 0.2) is 53.9 Å². The monoisotopic (exact) mass is 470 g/mol. The number of rotatable bonds is 2. The molecule has 0 radical (unpaired) electrons. The van der Waals surface area contributed by atoms with E-state index in [9.17, 15) is 15.3 Å². The van der Waals surface area contributed by atoms with Crippen molar-refractivity contribution in [2.75, 3.05) is 14.1 Å².